The molecule has 7 nitrogen and oxygen atoms in total. The Kier molecular flexibility index (Phi) is 7.88. The highest BCUT2D eigenvalue weighted by Gasteiger charge is 2.59. The van der Waals surface area contributed by atoms with E-state index in [0.717, 1.165) is 20.8 Å². The largest absolute Gasteiger partial charge is 0.707 e. The fourth-order valence-corrected chi connectivity index (χ4v) is 3.55. The summed E-state index contributed by atoms with van der Waals surface area (Å²) in [6.07, 6.45) is -15.8. The van der Waals surface area contributed by atoms with Crippen molar-refractivity contribution < 1.29 is 58.7 Å². The van der Waals surface area contributed by atoms with Gasteiger partial charge in [-0.05, 0) is 0 Å². The van der Waals surface area contributed by atoms with Crippen molar-refractivity contribution in [2.45, 2.75) is 45.3 Å². The van der Waals surface area contributed by atoms with E-state index in [0.29, 0.717) is 0 Å². The third-order valence-electron chi connectivity index (χ3n) is 2.18. The van der Waals surface area contributed by atoms with Gasteiger partial charge in [-0.15, -0.1) is 0 Å². The highest BCUT2D eigenvalue weighted by Crippen LogP contribution is 2.36. The molecule has 0 aliphatic rings. The fraction of sp³-hybridized carbons (Fsp3) is 0.727. The molecule has 0 spiro atoms. The smallest absolute Gasteiger partial charge is 0.455 e. The second-order valence-corrected chi connectivity index (χ2v) is 7.01. The van der Waals surface area contributed by atoms with Crippen molar-refractivity contribution in [2.75, 3.05) is 6.61 Å². The zero-order valence-corrected chi connectivity index (χ0v) is 14.1. The molecular weight excluding hydrogens is 386 g/mol. The molecule has 0 bridgehead atoms. The summed E-state index contributed by atoms with van der Waals surface area (Å²) >= 11 is 0. The lowest BCUT2D eigenvalue weighted by molar-refractivity contribution is -0.334. The van der Waals surface area contributed by atoms with E-state index in [-0.39, 0.29) is 0 Å². The Morgan fingerprint density at radius 1 is 0.880 bits per heavy atom. The van der Waals surface area contributed by atoms with Crippen LogP contribution in [0.2, 0.25) is 6.04 Å². The maximum absolute atomic E-state index is 13.1. The predicted octanol–water partition coefficient (Wildman–Crippen LogP) is 2.12. The van der Waals surface area contributed by atoms with E-state index in [1.54, 1.807) is 0 Å². The van der Waals surface area contributed by atoms with Gasteiger partial charge in [-0.1, -0.05) is 0 Å². The standard InChI is InChI=1S/C11H14F6O7Si/c1-6(18)22-25(23-7(2)19,24-8(3)20)5-4-21-11(16,17)9(12)10(13,14)15/h9H,4-5H2,1-3H3. The van der Waals surface area contributed by atoms with E-state index in [1.165, 1.54) is 0 Å². The Labute approximate surface area is 138 Å². The summed E-state index contributed by atoms with van der Waals surface area (Å²) in [5.41, 5.74) is 0. The number of hydrogen-bond acceptors (Lipinski definition) is 7. The summed E-state index contributed by atoms with van der Waals surface area (Å²) in [5.74, 6) is -3.38. The van der Waals surface area contributed by atoms with Crippen molar-refractivity contribution in [1.82, 2.24) is 0 Å². The van der Waals surface area contributed by atoms with Crippen molar-refractivity contribution >= 4 is 26.7 Å². The minimum absolute atomic E-state index is 0.811. The second-order valence-electron chi connectivity index (χ2n) is 4.53. The van der Waals surface area contributed by atoms with Crippen LogP contribution < -0.4 is 0 Å². The quantitative estimate of drug-likeness (QED) is 0.456. The molecule has 0 saturated carbocycles. The average molecular weight is 400 g/mol. The number of ether oxygens (including phenoxy) is 1. The normalized spacial score (nSPS) is 13.8. The van der Waals surface area contributed by atoms with Gasteiger partial charge in [0, 0.05) is 20.8 Å². The fourth-order valence-electron chi connectivity index (χ4n) is 1.45. The molecule has 0 N–H and O–H groups in total. The Morgan fingerprint density at radius 3 is 1.52 bits per heavy atom. The number of hydrogen-bond donors (Lipinski definition) is 0. The maximum atomic E-state index is 13.1. The SMILES string of the molecule is CC(=O)O[Si](CCOC(F)(F)C(F)C(F)(F)F)(OC(C)=O)OC(C)=O. The number of alkyl halides is 6. The van der Waals surface area contributed by atoms with Crippen molar-refractivity contribution in [3.8, 4) is 0 Å². The summed E-state index contributed by atoms with van der Waals surface area (Å²) in [6.45, 7) is 1.06. The van der Waals surface area contributed by atoms with Gasteiger partial charge in [0.2, 0.25) is 0 Å². The molecule has 1 atom stereocenters. The lowest BCUT2D eigenvalue weighted by Crippen LogP contribution is -2.51. The Balaban J connectivity index is 5.22. The third-order valence-corrected chi connectivity index (χ3v) is 4.79. The summed E-state index contributed by atoms with van der Waals surface area (Å²) in [7, 11) is -4.58. The molecule has 0 aromatic rings. The van der Waals surface area contributed by atoms with E-state index in [9.17, 15) is 40.7 Å². The van der Waals surface area contributed by atoms with Gasteiger partial charge in [-0.25, -0.2) is 4.39 Å². The molecule has 0 saturated heterocycles. The van der Waals surface area contributed by atoms with Gasteiger partial charge < -0.3 is 18.0 Å². The lowest BCUT2D eigenvalue weighted by atomic mass is 10.3. The van der Waals surface area contributed by atoms with Crippen molar-refractivity contribution in [3.63, 3.8) is 0 Å². The van der Waals surface area contributed by atoms with Crippen molar-refractivity contribution in [1.29, 1.82) is 0 Å². The molecule has 0 rings (SSSR count). The Hall–Kier alpha value is -1.83. The van der Waals surface area contributed by atoms with Crippen molar-refractivity contribution in [3.05, 3.63) is 0 Å². The van der Waals surface area contributed by atoms with Crippen LogP contribution in [0.3, 0.4) is 0 Å². The van der Waals surface area contributed by atoms with Gasteiger partial charge in [0.25, 0.3) is 24.1 Å². The summed E-state index contributed by atoms with van der Waals surface area (Å²) < 4.78 is 92.0. The van der Waals surface area contributed by atoms with E-state index in [2.05, 4.69) is 18.0 Å². The minimum Gasteiger partial charge on any atom is -0.455 e. The molecule has 0 radical (unpaired) electrons. The molecule has 0 heterocycles. The Bertz CT molecular complexity index is 469. The van der Waals surface area contributed by atoms with E-state index in [1.807, 2.05) is 0 Å². The molecule has 146 valence electrons. The second kappa shape index (κ2) is 8.51. The maximum Gasteiger partial charge on any atom is 0.707 e. The first-order valence-corrected chi connectivity index (χ1v) is 8.36. The molecule has 25 heavy (non-hydrogen) atoms. The van der Waals surface area contributed by atoms with Gasteiger partial charge in [-0.3, -0.25) is 14.4 Å². The molecule has 0 aromatic heterocycles. The van der Waals surface area contributed by atoms with Crippen LogP contribution in [-0.4, -0.2) is 51.8 Å². The molecule has 1 unspecified atom stereocenters. The average Bonchev–Trinajstić information content (AvgIpc) is 2.33. The van der Waals surface area contributed by atoms with Gasteiger partial charge in [0.15, 0.2) is 0 Å². The predicted molar refractivity (Wildman–Crippen MR) is 67.7 cm³/mol. The number of halogens is 6. The zero-order chi connectivity index (χ0) is 20.1. The first-order valence-electron chi connectivity index (χ1n) is 6.42. The van der Waals surface area contributed by atoms with E-state index in [4.69, 9.17) is 0 Å². The number of rotatable bonds is 8. The minimum atomic E-state index is -5.89. The van der Waals surface area contributed by atoms with Crippen LogP contribution in [0, 0.1) is 0 Å². The van der Waals surface area contributed by atoms with Crippen LogP contribution in [0.25, 0.3) is 0 Å². The summed E-state index contributed by atoms with van der Waals surface area (Å²) in [4.78, 5) is 33.2. The van der Waals surface area contributed by atoms with E-state index >= 15 is 0 Å². The van der Waals surface area contributed by atoms with E-state index < -0.39 is 57.8 Å². The molecule has 0 amide bonds. The highest BCUT2D eigenvalue weighted by molar-refractivity contribution is 6.65. The Morgan fingerprint density at radius 2 is 1.24 bits per heavy atom. The van der Waals surface area contributed by atoms with Gasteiger partial charge >= 0.3 is 21.1 Å². The monoisotopic (exact) mass is 400 g/mol. The first-order chi connectivity index (χ1) is 11.1. The van der Waals surface area contributed by atoms with Crippen LogP contribution in [0.15, 0.2) is 0 Å². The topological polar surface area (TPSA) is 88.1 Å². The van der Waals surface area contributed by atoms with Crippen LogP contribution >= 0.6 is 0 Å². The van der Waals surface area contributed by atoms with Crippen LogP contribution in [-0.2, 0) is 32.4 Å². The molecular formula is C11H14F6O7Si. The highest BCUT2D eigenvalue weighted by atomic mass is 28.4. The van der Waals surface area contributed by atoms with Gasteiger partial charge in [-0.2, -0.15) is 22.0 Å². The molecule has 14 heteroatoms. The third kappa shape index (κ3) is 8.20. The van der Waals surface area contributed by atoms with Crippen LogP contribution in [0.1, 0.15) is 20.8 Å². The van der Waals surface area contributed by atoms with Gasteiger partial charge in [0.05, 0.1) is 12.7 Å². The van der Waals surface area contributed by atoms with Gasteiger partial charge in [0.1, 0.15) is 0 Å². The zero-order valence-electron chi connectivity index (χ0n) is 13.1. The lowest BCUT2D eigenvalue weighted by Gasteiger charge is -2.27. The summed E-state index contributed by atoms with van der Waals surface area (Å²) in [6, 6.07) is -1.01. The van der Waals surface area contributed by atoms with Crippen LogP contribution in [0.4, 0.5) is 26.3 Å². The molecule has 0 aromatic carbocycles. The molecule has 0 aliphatic heterocycles. The van der Waals surface area contributed by atoms with Crippen LogP contribution in [0.5, 0.6) is 0 Å². The first kappa shape index (κ1) is 23.2. The molecule has 0 fully saturated rings. The number of carbonyl (C=O) groups excluding carboxylic acids is 3. The number of carbonyl (C=O) groups is 3. The van der Waals surface area contributed by atoms with Crippen molar-refractivity contribution in [2.24, 2.45) is 0 Å². The summed E-state index contributed by atoms with van der Waals surface area (Å²) in [5, 5.41) is 0. The molecule has 0 aliphatic carbocycles.